The summed E-state index contributed by atoms with van der Waals surface area (Å²) < 4.78 is 16.8. The van der Waals surface area contributed by atoms with Crippen LogP contribution in [-0.2, 0) is 28.6 Å². The van der Waals surface area contributed by atoms with Crippen molar-refractivity contribution in [1.82, 2.24) is 0 Å². The van der Waals surface area contributed by atoms with Crippen LogP contribution in [0.4, 0.5) is 0 Å². The highest BCUT2D eigenvalue weighted by atomic mass is 16.6. The van der Waals surface area contributed by atoms with E-state index in [2.05, 4.69) is 179 Å². The molecule has 1 atom stereocenters. The Morgan fingerprint density at radius 3 is 0.880 bits per heavy atom. The Morgan fingerprint density at radius 1 is 0.280 bits per heavy atom. The summed E-state index contributed by atoms with van der Waals surface area (Å²) in [5, 5.41) is 0. The lowest BCUT2D eigenvalue weighted by Crippen LogP contribution is -2.30. The molecule has 0 fully saturated rings. The van der Waals surface area contributed by atoms with Crippen LogP contribution in [0.25, 0.3) is 0 Å². The molecule has 0 aliphatic carbocycles. The molecule has 0 aliphatic rings. The lowest BCUT2D eigenvalue weighted by Gasteiger charge is -2.18. The molecule has 0 N–H and O–H groups in total. The summed E-state index contributed by atoms with van der Waals surface area (Å²) in [6.45, 7) is 6.30. The smallest absolute Gasteiger partial charge is 0.306 e. The average Bonchev–Trinajstić information content (AvgIpc) is 3.41. The van der Waals surface area contributed by atoms with Gasteiger partial charge in [-0.3, -0.25) is 14.4 Å². The number of rotatable bonds is 52. The number of hydrogen-bond acceptors (Lipinski definition) is 6. The number of unbranched alkanes of at least 4 members (excludes halogenated alkanes) is 15. The molecular weight excluding hydrogens is 925 g/mol. The Bertz CT molecular complexity index is 1710. The molecule has 0 bridgehead atoms. The van der Waals surface area contributed by atoms with Crippen molar-refractivity contribution in [3.63, 3.8) is 0 Å². The highest BCUT2D eigenvalue weighted by Crippen LogP contribution is 2.12. The van der Waals surface area contributed by atoms with Crippen LogP contribution in [0.5, 0.6) is 0 Å². The van der Waals surface area contributed by atoms with Gasteiger partial charge in [0.2, 0.25) is 0 Å². The third kappa shape index (κ3) is 59.8. The van der Waals surface area contributed by atoms with Crippen molar-refractivity contribution in [2.75, 3.05) is 13.2 Å². The van der Waals surface area contributed by atoms with Gasteiger partial charge in [-0.25, -0.2) is 0 Å². The minimum atomic E-state index is -0.834. The second-order valence-corrected chi connectivity index (χ2v) is 19.1. The van der Waals surface area contributed by atoms with Crippen LogP contribution in [0.15, 0.2) is 158 Å². The van der Waals surface area contributed by atoms with E-state index in [1.54, 1.807) is 0 Å². The van der Waals surface area contributed by atoms with E-state index in [1.165, 1.54) is 51.4 Å². The van der Waals surface area contributed by atoms with Crippen molar-refractivity contribution in [2.24, 2.45) is 0 Å². The molecule has 0 aromatic rings. The quantitative estimate of drug-likeness (QED) is 0.0261. The molecule has 0 saturated heterocycles. The predicted octanol–water partition coefficient (Wildman–Crippen LogP) is 20.5. The zero-order chi connectivity index (χ0) is 54.3. The fourth-order valence-corrected chi connectivity index (χ4v) is 7.57. The number of ether oxygens (including phenoxy) is 3. The van der Waals surface area contributed by atoms with Gasteiger partial charge in [0.1, 0.15) is 13.2 Å². The standard InChI is InChI=1S/C69H108O6/c1-4-7-10-13-16-19-22-25-28-31-33-34-36-38-41-44-47-50-53-56-59-62-68(71)74-65-66(64-73-67(70)61-58-55-52-49-46-43-40-37-30-27-24-21-18-15-12-9-6-3)75-69(72)63-60-57-54-51-48-45-42-39-35-32-29-26-23-20-17-14-11-8-5-2/h8-9,11-12,17-18,20-22,25-27,29-31,33,35-36,38-40,43,45,48-49,52,66H,4-7,10,13-16,19,23-24,28,32,34,37,41-42,44,46-47,50-51,53-65H2,1-3H3/b11-8-,12-9-,20-17-,21-18-,25-22-,29-26-,30-27-,33-31-,38-36-,39-35-,43-40-,48-45-,52-49-. The first-order valence-corrected chi connectivity index (χ1v) is 30.0. The molecule has 1 unspecified atom stereocenters. The van der Waals surface area contributed by atoms with Gasteiger partial charge in [-0.15, -0.1) is 0 Å². The predicted molar refractivity (Wildman–Crippen MR) is 325 cm³/mol. The lowest BCUT2D eigenvalue weighted by atomic mass is 10.1. The third-order valence-electron chi connectivity index (χ3n) is 12.0. The molecule has 0 amide bonds. The van der Waals surface area contributed by atoms with E-state index in [0.717, 1.165) is 135 Å². The molecule has 0 spiro atoms. The van der Waals surface area contributed by atoms with Crippen LogP contribution >= 0.6 is 0 Å². The summed E-state index contributed by atoms with van der Waals surface area (Å²) >= 11 is 0. The normalized spacial score (nSPS) is 13.3. The maximum absolute atomic E-state index is 12.9. The van der Waals surface area contributed by atoms with Crippen LogP contribution in [0.2, 0.25) is 0 Å². The summed E-state index contributed by atoms with van der Waals surface area (Å²) in [4.78, 5) is 38.2. The van der Waals surface area contributed by atoms with Crippen LogP contribution in [0.3, 0.4) is 0 Å². The fraction of sp³-hybridized carbons (Fsp3) is 0.580. The summed E-state index contributed by atoms with van der Waals surface area (Å²) in [7, 11) is 0. The van der Waals surface area contributed by atoms with Crippen molar-refractivity contribution in [1.29, 1.82) is 0 Å². The Hall–Kier alpha value is -4.97. The van der Waals surface area contributed by atoms with Crippen LogP contribution in [0, 0.1) is 0 Å². The molecular formula is C69H108O6. The molecule has 0 rings (SSSR count). The second-order valence-electron chi connectivity index (χ2n) is 19.1. The highest BCUT2D eigenvalue weighted by molar-refractivity contribution is 5.71. The van der Waals surface area contributed by atoms with Crippen LogP contribution < -0.4 is 0 Å². The molecule has 0 aromatic heterocycles. The number of allylic oxidation sites excluding steroid dienone is 26. The van der Waals surface area contributed by atoms with Crippen molar-refractivity contribution in [3.05, 3.63) is 158 Å². The van der Waals surface area contributed by atoms with Gasteiger partial charge >= 0.3 is 17.9 Å². The molecule has 0 aromatic carbocycles. The minimum Gasteiger partial charge on any atom is -0.462 e. The highest BCUT2D eigenvalue weighted by Gasteiger charge is 2.19. The van der Waals surface area contributed by atoms with Crippen LogP contribution in [0.1, 0.15) is 239 Å². The summed E-state index contributed by atoms with van der Waals surface area (Å²) in [5.41, 5.74) is 0. The van der Waals surface area contributed by atoms with Gasteiger partial charge in [-0.05, 0) is 141 Å². The lowest BCUT2D eigenvalue weighted by molar-refractivity contribution is -0.167. The number of hydrogen-bond donors (Lipinski definition) is 0. The molecule has 0 aliphatic heterocycles. The zero-order valence-electron chi connectivity index (χ0n) is 48.0. The molecule has 420 valence electrons. The molecule has 75 heavy (non-hydrogen) atoms. The Morgan fingerprint density at radius 2 is 0.533 bits per heavy atom. The molecule has 0 radical (unpaired) electrons. The first kappa shape index (κ1) is 70.0. The van der Waals surface area contributed by atoms with Gasteiger partial charge in [-0.2, -0.15) is 0 Å². The SMILES string of the molecule is CC/C=C\C/C=C\C/C=C\C/C=C\C/C=C\CCCCCC(=O)OC(COC(=O)CCC/C=C\C/C=C\C/C=C\C/C=C\C/C=C\CC)COC(=O)CCCCCCCC/C=C\C/C=C\C/C=C\CCCCCCC. The Labute approximate surface area is 460 Å². The van der Waals surface area contributed by atoms with E-state index >= 15 is 0 Å². The summed E-state index contributed by atoms with van der Waals surface area (Å²) in [6, 6.07) is 0. The molecule has 0 saturated carbocycles. The average molecular weight is 1030 g/mol. The molecule has 0 heterocycles. The van der Waals surface area contributed by atoms with E-state index in [4.69, 9.17) is 14.2 Å². The van der Waals surface area contributed by atoms with E-state index in [0.29, 0.717) is 19.3 Å². The maximum Gasteiger partial charge on any atom is 0.306 e. The van der Waals surface area contributed by atoms with Crippen molar-refractivity contribution in [2.45, 2.75) is 245 Å². The zero-order valence-corrected chi connectivity index (χ0v) is 48.0. The number of carbonyl (C=O) groups excluding carboxylic acids is 3. The molecule has 6 heteroatoms. The van der Waals surface area contributed by atoms with E-state index in [9.17, 15) is 14.4 Å². The van der Waals surface area contributed by atoms with Crippen molar-refractivity contribution in [3.8, 4) is 0 Å². The van der Waals surface area contributed by atoms with E-state index in [1.807, 2.05) is 0 Å². The maximum atomic E-state index is 12.9. The monoisotopic (exact) mass is 1030 g/mol. The number of carbonyl (C=O) groups is 3. The van der Waals surface area contributed by atoms with Crippen molar-refractivity contribution >= 4 is 17.9 Å². The largest absolute Gasteiger partial charge is 0.462 e. The van der Waals surface area contributed by atoms with Gasteiger partial charge < -0.3 is 14.2 Å². The van der Waals surface area contributed by atoms with Crippen LogP contribution in [-0.4, -0.2) is 37.2 Å². The van der Waals surface area contributed by atoms with Crippen molar-refractivity contribution < 1.29 is 28.6 Å². The van der Waals surface area contributed by atoms with Gasteiger partial charge in [0.25, 0.3) is 0 Å². The van der Waals surface area contributed by atoms with E-state index < -0.39 is 6.10 Å². The number of esters is 3. The first-order chi connectivity index (χ1) is 37.0. The Balaban J connectivity index is 4.58. The fourth-order valence-electron chi connectivity index (χ4n) is 7.57. The Kier molecular flexibility index (Phi) is 57.5. The molecule has 6 nitrogen and oxygen atoms in total. The van der Waals surface area contributed by atoms with Gasteiger partial charge in [0.15, 0.2) is 6.10 Å². The second kappa shape index (κ2) is 61.6. The first-order valence-electron chi connectivity index (χ1n) is 30.0. The third-order valence-corrected chi connectivity index (χ3v) is 12.0. The minimum absolute atomic E-state index is 0.123. The van der Waals surface area contributed by atoms with Gasteiger partial charge in [-0.1, -0.05) is 237 Å². The van der Waals surface area contributed by atoms with E-state index in [-0.39, 0.29) is 44.0 Å². The van der Waals surface area contributed by atoms with Gasteiger partial charge in [0, 0.05) is 19.3 Å². The topological polar surface area (TPSA) is 78.9 Å². The van der Waals surface area contributed by atoms with Gasteiger partial charge in [0.05, 0.1) is 0 Å². The summed E-state index contributed by atoms with van der Waals surface area (Å²) in [6.07, 6.45) is 89.5. The summed E-state index contributed by atoms with van der Waals surface area (Å²) in [5.74, 6) is -1.03.